The van der Waals surface area contributed by atoms with Gasteiger partial charge in [0.05, 0.1) is 21.8 Å². The number of fused-ring (bicyclic) bond motifs is 3. The van der Waals surface area contributed by atoms with Gasteiger partial charge in [0.15, 0.2) is 7.91 Å². The van der Waals surface area contributed by atoms with Crippen molar-refractivity contribution in [2.75, 3.05) is 0 Å². The van der Waals surface area contributed by atoms with Crippen LogP contribution in [0.2, 0.25) is 0 Å². The van der Waals surface area contributed by atoms with Crippen molar-refractivity contribution in [3.8, 4) is 9.75 Å². The molecule has 0 amide bonds. The standard InChI is InChI=1S/C22H18N2S6.S8/c1-13(15-9-5-3-6-10-15)23-19-17(27-21(23)25)18-20(30-29-19)24(22(26)28-18)14(2)16-11-7-4-8-12-16;1-2-4-6-8-7-5-3-1/h3-14H,1-2H3;/t13-,14-;/m1./s1. The lowest BCUT2D eigenvalue weighted by molar-refractivity contribution is 0.587. The van der Waals surface area contributed by atoms with Crippen LogP contribution in [0, 0.1) is 7.91 Å². The first-order valence-corrected chi connectivity index (χ1v) is 26.1. The minimum atomic E-state index is 0.201. The second-order valence-electron chi connectivity index (χ2n) is 7.63. The SMILES string of the molecule is C[C@H](c1ccccc1)n1c2c(sc1=S)-c1sc(=S)n([C@H](C)c3ccccc3)c1SS2.S1SSSSSSS1. The summed E-state index contributed by atoms with van der Waals surface area (Å²) < 4.78 is 6.44. The molecule has 0 radical (unpaired) electrons. The van der Waals surface area contributed by atoms with Crippen LogP contribution in [0.4, 0.5) is 0 Å². The van der Waals surface area contributed by atoms with E-state index in [1.54, 1.807) is 44.3 Å². The van der Waals surface area contributed by atoms with Crippen LogP contribution in [0.15, 0.2) is 70.7 Å². The molecule has 38 heavy (non-hydrogen) atoms. The molecule has 1 fully saturated rings. The van der Waals surface area contributed by atoms with Crippen molar-refractivity contribution in [3.63, 3.8) is 0 Å². The van der Waals surface area contributed by atoms with E-state index in [1.807, 2.05) is 78.6 Å². The Morgan fingerprint density at radius 1 is 0.526 bits per heavy atom. The first-order chi connectivity index (χ1) is 18.6. The molecule has 1 saturated heterocycles. The van der Waals surface area contributed by atoms with Crippen LogP contribution in [0.1, 0.15) is 37.1 Å². The van der Waals surface area contributed by atoms with Crippen LogP contribution < -0.4 is 0 Å². The predicted octanol–water partition coefficient (Wildman–Crippen LogP) is 14.1. The Bertz CT molecular complexity index is 1330. The molecule has 2 aliphatic rings. The maximum Gasteiger partial charge on any atom is 0.163 e. The smallest absolute Gasteiger partial charge is 0.163 e. The summed E-state index contributed by atoms with van der Waals surface area (Å²) >= 11 is 15.1. The molecule has 2 aromatic heterocycles. The van der Waals surface area contributed by atoms with Gasteiger partial charge in [-0.15, -0.1) is 22.7 Å². The third-order valence-corrected chi connectivity index (χ3v) is 29.0. The third kappa shape index (κ3) is 7.40. The molecule has 4 heterocycles. The number of hydrogen-bond acceptors (Lipinski definition) is 14. The highest BCUT2D eigenvalue weighted by molar-refractivity contribution is 9.60. The lowest BCUT2D eigenvalue weighted by Crippen LogP contribution is -2.10. The number of nitrogens with zero attached hydrogens (tertiary/aromatic N) is 2. The van der Waals surface area contributed by atoms with Gasteiger partial charge in [0.25, 0.3) is 0 Å². The van der Waals surface area contributed by atoms with Crippen molar-refractivity contribution in [3.05, 3.63) is 79.7 Å². The minimum absolute atomic E-state index is 0.201. The lowest BCUT2D eigenvalue weighted by atomic mass is 10.1. The highest BCUT2D eigenvalue weighted by Gasteiger charge is 2.31. The van der Waals surface area contributed by atoms with E-state index in [-0.39, 0.29) is 12.1 Å². The van der Waals surface area contributed by atoms with E-state index in [0.29, 0.717) is 0 Å². The molecule has 0 unspecified atom stereocenters. The Morgan fingerprint density at radius 2 is 0.842 bits per heavy atom. The Morgan fingerprint density at radius 3 is 1.16 bits per heavy atom. The Labute approximate surface area is 278 Å². The van der Waals surface area contributed by atoms with Crippen molar-refractivity contribution < 1.29 is 0 Å². The highest BCUT2D eigenvalue weighted by Crippen LogP contribution is 2.65. The largest absolute Gasteiger partial charge is 0.310 e. The molecule has 0 bridgehead atoms. The Hall–Kier alpha value is 1.64. The first-order valence-electron chi connectivity index (χ1n) is 10.8. The fourth-order valence-electron chi connectivity index (χ4n) is 3.79. The normalized spacial score (nSPS) is 16.7. The molecule has 2 aromatic carbocycles. The zero-order valence-electron chi connectivity index (χ0n) is 19.5. The van der Waals surface area contributed by atoms with Crippen molar-refractivity contribution in [2.45, 2.75) is 36.0 Å². The minimum Gasteiger partial charge on any atom is -0.310 e. The quantitative estimate of drug-likeness (QED) is 0.145. The summed E-state index contributed by atoms with van der Waals surface area (Å²) in [4.78, 5) is 2.52. The van der Waals surface area contributed by atoms with Crippen molar-refractivity contribution >= 4 is 147 Å². The van der Waals surface area contributed by atoms with Gasteiger partial charge in [-0.2, -0.15) is 0 Å². The summed E-state index contributed by atoms with van der Waals surface area (Å²) in [5.41, 5.74) is 2.54. The molecule has 2 atom stereocenters. The number of rotatable bonds is 4. The maximum atomic E-state index is 5.82. The summed E-state index contributed by atoms with van der Waals surface area (Å²) in [6, 6.07) is 21.5. The number of benzene rings is 2. The van der Waals surface area contributed by atoms with Gasteiger partial charge in [-0.05, 0) is 71.0 Å². The zero-order valence-corrected chi connectivity index (χ0v) is 31.0. The molecule has 0 saturated carbocycles. The van der Waals surface area contributed by atoms with E-state index in [0.717, 1.165) is 7.91 Å². The summed E-state index contributed by atoms with van der Waals surface area (Å²) in [5.74, 6) is 0. The van der Waals surface area contributed by atoms with Crippen molar-refractivity contribution in [2.24, 2.45) is 0 Å². The molecule has 6 rings (SSSR count). The van der Waals surface area contributed by atoms with Gasteiger partial charge in [0.2, 0.25) is 0 Å². The first kappa shape index (κ1) is 31.1. The van der Waals surface area contributed by atoms with Crippen LogP contribution in [-0.2, 0) is 0 Å². The average molecular weight is 759 g/mol. The van der Waals surface area contributed by atoms with Crippen LogP contribution in [0.5, 0.6) is 0 Å². The number of thiazole rings is 2. The maximum absolute atomic E-state index is 5.82. The molecular weight excluding hydrogens is 741 g/mol. The number of hydrogen-bond donors (Lipinski definition) is 0. The number of aromatic nitrogens is 2. The van der Waals surface area contributed by atoms with E-state index in [2.05, 4.69) is 83.6 Å². The van der Waals surface area contributed by atoms with E-state index < -0.39 is 0 Å². The van der Waals surface area contributed by atoms with Gasteiger partial charge >= 0.3 is 0 Å². The fraction of sp³-hybridized carbons (Fsp3) is 0.182. The molecular formula is C22H18N2S14. The predicted molar refractivity (Wildman–Crippen MR) is 198 cm³/mol. The van der Waals surface area contributed by atoms with Crippen LogP contribution >= 0.6 is 147 Å². The molecule has 4 aromatic rings. The van der Waals surface area contributed by atoms with Gasteiger partial charge in [-0.25, -0.2) is 0 Å². The topological polar surface area (TPSA) is 9.86 Å². The van der Waals surface area contributed by atoms with Gasteiger partial charge in [0, 0.05) is 78.6 Å². The molecule has 200 valence electrons. The zero-order chi connectivity index (χ0) is 26.5. The van der Waals surface area contributed by atoms with Gasteiger partial charge in [0.1, 0.15) is 10.1 Å². The fourth-order valence-corrected chi connectivity index (χ4v) is 32.6. The molecule has 0 N–H and O–H groups in total. The lowest BCUT2D eigenvalue weighted by Gasteiger charge is -2.22. The van der Waals surface area contributed by atoms with Crippen LogP contribution in [0.25, 0.3) is 9.75 Å². The van der Waals surface area contributed by atoms with E-state index >= 15 is 0 Å². The van der Waals surface area contributed by atoms with E-state index in [4.69, 9.17) is 24.4 Å². The second kappa shape index (κ2) is 15.4. The van der Waals surface area contributed by atoms with Crippen molar-refractivity contribution in [1.29, 1.82) is 0 Å². The van der Waals surface area contributed by atoms with Crippen molar-refractivity contribution in [1.82, 2.24) is 9.13 Å². The Balaban J connectivity index is 0.000000316. The summed E-state index contributed by atoms with van der Waals surface area (Å²) in [5, 5.41) is 2.49. The molecule has 16 heteroatoms. The summed E-state index contributed by atoms with van der Waals surface area (Å²) in [7, 11) is 18.3. The summed E-state index contributed by atoms with van der Waals surface area (Å²) in [6.07, 6.45) is 0. The van der Waals surface area contributed by atoms with E-state index in [9.17, 15) is 0 Å². The van der Waals surface area contributed by atoms with E-state index in [1.165, 1.54) is 30.9 Å². The Kier molecular flexibility index (Phi) is 12.6. The van der Waals surface area contributed by atoms with Crippen LogP contribution in [-0.4, -0.2) is 9.13 Å². The molecule has 0 spiro atoms. The van der Waals surface area contributed by atoms with Gasteiger partial charge in [-0.3, -0.25) is 0 Å². The monoisotopic (exact) mass is 758 g/mol. The van der Waals surface area contributed by atoms with Gasteiger partial charge in [-0.1, -0.05) is 60.7 Å². The summed E-state index contributed by atoms with van der Waals surface area (Å²) in [6.45, 7) is 4.45. The van der Waals surface area contributed by atoms with Crippen LogP contribution in [0.3, 0.4) is 0 Å². The molecule has 2 aliphatic heterocycles. The second-order valence-corrected chi connectivity index (χ2v) is 27.2. The average Bonchev–Trinajstić information content (AvgIpc) is 3.44. The van der Waals surface area contributed by atoms with Gasteiger partial charge < -0.3 is 9.13 Å². The molecule has 2 nitrogen and oxygen atoms in total. The highest BCUT2D eigenvalue weighted by atomic mass is 34.1. The third-order valence-electron chi connectivity index (χ3n) is 5.56. The molecule has 0 aliphatic carbocycles.